The molecule has 0 aliphatic carbocycles. The summed E-state index contributed by atoms with van der Waals surface area (Å²) in [6, 6.07) is 12.6. The molecule has 0 atom stereocenters. The van der Waals surface area contributed by atoms with E-state index in [1.807, 2.05) is 12.1 Å². The summed E-state index contributed by atoms with van der Waals surface area (Å²) in [6.45, 7) is 0.374. The van der Waals surface area contributed by atoms with E-state index >= 15 is 0 Å². The van der Waals surface area contributed by atoms with Crippen LogP contribution in [0.4, 0.5) is 0 Å². The van der Waals surface area contributed by atoms with Crippen LogP contribution >= 0.6 is 0 Å². The van der Waals surface area contributed by atoms with Crippen molar-refractivity contribution in [2.24, 2.45) is 0 Å². The molecule has 0 spiro atoms. The van der Waals surface area contributed by atoms with Gasteiger partial charge in [-0.3, -0.25) is 4.79 Å². The van der Waals surface area contributed by atoms with Crippen LogP contribution in [0.1, 0.15) is 5.56 Å². The molecule has 25 heavy (non-hydrogen) atoms. The maximum atomic E-state index is 12.3. The summed E-state index contributed by atoms with van der Waals surface area (Å²) in [7, 11) is 6.51. The van der Waals surface area contributed by atoms with Crippen molar-refractivity contribution in [1.29, 1.82) is 0 Å². The molecule has 0 aromatic heterocycles. The molecule has 2 aromatic rings. The molecule has 0 aliphatic rings. The number of carbonyl (C=O) groups excluding carboxylic acids is 1. The van der Waals surface area contributed by atoms with E-state index in [-0.39, 0.29) is 12.5 Å². The number of amides is 1. The van der Waals surface area contributed by atoms with E-state index in [0.29, 0.717) is 23.8 Å². The van der Waals surface area contributed by atoms with Crippen molar-refractivity contribution in [3.05, 3.63) is 48.0 Å². The highest BCUT2D eigenvalue weighted by molar-refractivity contribution is 5.77. The Labute approximate surface area is 147 Å². The van der Waals surface area contributed by atoms with E-state index in [4.69, 9.17) is 18.9 Å². The topological polar surface area (TPSA) is 57.2 Å². The van der Waals surface area contributed by atoms with Gasteiger partial charge in [0, 0.05) is 25.2 Å². The zero-order valence-corrected chi connectivity index (χ0v) is 14.9. The smallest absolute Gasteiger partial charge is 0.260 e. The quantitative estimate of drug-likeness (QED) is 0.736. The number of benzene rings is 2. The summed E-state index contributed by atoms with van der Waals surface area (Å²) in [5.74, 6) is 2.60. The number of hydrogen-bond acceptors (Lipinski definition) is 5. The number of nitrogens with zero attached hydrogens (tertiary/aromatic N) is 1. The average molecular weight is 345 g/mol. The van der Waals surface area contributed by atoms with Crippen molar-refractivity contribution in [3.63, 3.8) is 0 Å². The molecule has 1 amide bonds. The highest BCUT2D eigenvalue weighted by Crippen LogP contribution is 2.25. The Morgan fingerprint density at radius 1 is 0.880 bits per heavy atom. The number of ether oxygens (including phenoxy) is 4. The maximum absolute atomic E-state index is 12.3. The first-order chi connectivity index (χ1) is 12.1. The van der Waals surface area contributed by atoms with Crippen LogP contribution in [0.5, 0.6) is 23.0 Å². The summed E-state index contributed by atoms with van der Waals surface area (Å²) in [6.07, 6.45) is 0. The van der Waals surface area contributed by atoms with Gasteiger partial charge in [0.15, 0.2) is 6.61 Å². The summed E-state index contributed by atoms with van der Waals surface area (Å²) in [4.78, 5) is 13.9. The maximum Gasteiger partial charge on any atom is 0.260 e. The fraction of sp³-hybridized carbons (Fsp3) is 0.316. The van der Waals surface area contributed by atoms with Crippen molar-refractivity contribution >= 4 is 5.91 Å². The number of rotatable bonds is 8. The van der Waals surface area contributed by atoms with Crippen LogP contribution in [0.15, 0.2) is 42.5 Å². The minimum absolute atomic E-state index is 0.0404. The van der Waals surface area contributed by atoms with Gasteiger partial charge in [0.1, 0.15) is 23.0 Å². The predicted octanol–water partition coefficient (Wildman–Crippen LogP) is 2.75. The Bertz CT molecular complexity index is 699. The van der Waals surface area contributed by atoms with Gasteiger partial charge in [-0.15, -0.1) is 0 Å². The first-order valence-corrected chi connectivity index (χ1v) is 7.79. The van der Waals surface area contributed by atoms with Gasteiger partial charge >= 0.3 is 0 Å². The van der Waals surface area contributed by atoms with Crippen LogP contribution in [0.25, 0.3) is 0 Å². The second-order valence-corrected chi connectivity index (χ2v) is 5.39. The largest absolute Gasteiger partial charge is 0.497 e. The van der Waals surface area contributed by atoms with Crippen molar-refractivity contribution in [2.45, 2.75) is 6.54 Å². The van der Waals surface area contributed by atoms with Crippen molar-refractivity contribution in [3.8, 4) is 23.0 Å². The fourth-order valence-corrected chi connectivity index (χ4v) is 2.25. The van der Waals surface area contributed by atoms with Crippen LogP contribution in [0.3, 0.4) is 0 Å². The summed E-state index contributed by atoms with van der Waals surface area (Å²) in [5.41, 5.74) is 0.892. The van der Waals surface area contributed by atoms with Gasteiger partial charge in [-0.2, -0.15) is 0 Å². The molecule has 0 radical (unpaired) electrons. The van der Waals surface area contributed by atoms with Gasteiger partial charge < -0.3 is 23.8 Å². The molecule has 2 aromatic carbocycles. The molecule has 2 rings (SSSR count). The normalized spacial score (nSPS) is 10.1. The molecular formula is C19H23NO5. The third-order valence-electron chi connectivity index (χ3n) is 3.75. The SMILES string of the molecule is COc1ccc(OCC(=O)N(C)Cc2ccc(OC)cc2OC)cc1. The number of carbonyl (C=O) groups is 1. The molecular weight excluding hydrogens is 322 g/mol. The molecule has 6 heteroatoms. The van der Waals surface area contributed by atoms with E-state index in [1.54, 1.807) is 63.6 Å². The fourth-order valence-electron chi connectivity index (χ4n) is 2.25. The van der Waals surface area contributed by atoms with E-state index in [2.05, 4.69) is 0 Å². The first kappa shape index (κ1) is 18.4. The molecule has 0 N–H and O–H groups in total. The Morgan fingerprint density at radius 3 is 2.08 bits per heavy atom. The zero-order valence-electron chi connectivity index (χ0n) is 14.9. The van der Waals surface area contributed by atoms with E-state index < -0.39 is 0 Å². The van der Waals surface area contributed by atoms with Gasteiger partial charge in [-0.25, -0.2) is 0 Å². The van der Waals surface area contributed by atoms with E-state index in [9.17, 15) is 4.79 Å². The Morgan fingerprint density at radius 2 is 1.48 bits per heavy atom. The lowest BCUT2D eigenvalue weighted by Gasteiger charge is -2.19. The molecule has 6 nitrogen and oxygen atoms in total. The molecule has 0 heterocycles. The predicted molar refractivity (Wildman–Crippen MR) is 94.5 cm³/mol. The van der Waals surface area contributed by atoms with Crippen molar-refractivity contribution in [1.82, 2.24) is 4.90 Å². The minimum Gasteiger partial charge on any atom is -0.497 e. The van der Waals surface area contributed by atoms with Crippen LogP contribution < -0.4 is 18.9 Å². The Balaban J connectivity index is 1.93. The number of hydrogen-bond donors (Lipinski definition) is 0. The average Bonchev–Trinajstić information content (AvgIpc) is 2.66. The second kappa shape index (κ2) is 8.82. The molecule has 0 bridgehead atoms. The van der Waals surface area contributed by atoms with Crippen LogP contribution in [-0.2, 0) is 11.3 Å². The van der Waals surface area contributed by atoms with E-state index in [0.717, 1.165) is 11.3 Å². The molecule has 134 valence electrons. The summed E-state index contributed by atoms with van der Waals surface area (Å²) >= 11 is 0. The minimum atomic E-state index is -0.131. The van der Waals surface area contributed by atoms with Gasteiger partial charge in [-0.1, -0.05) is 0 Å². The standard InChI is InChI=1S/C19H23NO5/c1-20(12-14-5-6-17(23-3)11-18(14)24-4)19(21)13-25-16-9-7-15(22-2)8-10-16/h5-11H,12-13H2,1-4H3. The molecule has 0 saturated carbocycles. The third kappa shape index (κ3) is 5.04. The lowest BCUT2D eigenvalue weighted by atomic mass is 10.2. The summed E-state index contributed by atoms with van der Waals surface area (Å²) < 4.78 is 21.1. The van der Waals surface area contributed by atoms with Crippen LogP contribution in [-0.4, -0.2) is 45.8 Å². The lowest BCUT2D eigenvalue weighted by Crippen LogP contribution is -2.31. The van der Waals surface area contributed by atoms with Crippen LogP contribution in [0.2, 0.25) is 0 Å². The van der Waals surface area contributed by atoms with E-state index in [1.165, 1.54) is 0 Å². The van der Waals surface area contributed by atoms with Crippen molar-refractivity contribution in [2.75, 3.05) is 35.0 Å². The zero-order chi connectivity index (χ0) is 18.2. The van der Waals surface area contributed by atoms with Gasteiger partial charge in [0.25, 0.3) is 5.91 Å². The molecule has 0 aliphatic heterocycles. The molecule has 0 unspecified atom stereocenters. The molecule has 0 fully saturated rings. The van der Waals surface area contributed by atoms with Crippen LogP contribution in [0, 0.1) is 0 Å². The monoisotopic (exact) mass is 345 g/mol. The number of methoxy groups -OCH3 is 3. The van der Waals surface area contributed by atoms with Gasteiger partial charge in [0.2, 0.25) is 0 Å². The lowest BCUT2D eigenvalue weighted by molar-refractivity contribution is -0.132. The second-order valence-electron chi connectivity index (χ2n) is 5.39. The number of likely N-dealkylation sites (N-methyl/N-ethyl adjacent to an activating group) is 1. The molecule has 0 saturated heterocycles. The highest BCUT2D eigenvalue weighted by Gasteiger charge is 2.13. The van der Waals surface area contributed by atoms with Gasteiger partial charge in [-0.05, 0) is 36.4 Å². The Kier molecular flexibility index (Phi) is 6.51. The Hall–Kier alpha value is -2.89. The highest BCUT2D eigenvalue weighted by atomic mass is 16.5. The first-order valence-electron chi connectivity index (χ1n) is 7.79. The van der Waals surface area contributed by atoms with Crippen molar-refractivity contribution < 1.29 is 23.7 Å². The third-order valence-corrected chi connectivity index (χ3v) is 3.75. The van der Waals surface area contributed by atoms with Gasteiger partial charge in [0.05, 0.1) is 21.3 Å². The summed E-state index contributed by atoms with van der Waals surface area (Å²) in [5, 5.41) is 0.